The van der Waals surface area contributed by atoms with E-state index in [0.717, 1.165) is 38.5 Å². The summed E-state index contributed by atoms with van der Waals surface area (Å²) in [6, 6.07) is 9.31. The molecule has 1 aromatic rings. The van der Waals surface area contributed by atoms with Crippen LogP contribution in [0.1, 0.15) is 117 Å². The Kier molecular flexibility index (Phi) is 5.47. The number of ether oxygens (including phenoxy) is 2. The number of allylic oxidation sites excluding steroid dienone is 1. The van der Waals surface area contributed by atoms with Crippen molar-refractivity contribution in [2.45, 2.75) is 118 Å². The molecular formula is C37H48O4. The van der Waals surface area contributed by atoms with Crippen LogP contribution in [0.4, 0.5) is 0 Å². The first-order valence-corrected chi connectivity index (χ1v) is 16.1. The maximum absolute atomic E-state index is 14.5. The van der Waals surface area contributed by atoms with Crippen LogP contribution >= 0.6 is 0 Å². The average Bonchev–Trinajstić information content (AvgIpc) is 3.04. The number of hydrogen-bond acceptors (Lipinski definition) is 4. The van der Waals surface area contributed by atoms with E-state index >= 15 is 0 Å². The molecule has 0 amide bonds. The molecule has 0 N–H and O–H groups in total. The van der Waals surface area contributed by atoms with E-state index in [2.05, 4.69) is 60.6 Å². The van der Waals surface area contributed by atoms with Crippen LogP contribution in [0.5, 0.6) is 0 Å². The second-order valence-corrected chi connectivity index (χ2v) is 16.6. The van der Waals surface area contributed by atoms with E-state index in [9.17, 15) is 9.59 Å². The lowest BCUT2D eigenvalue weighted by atomic mass is 9.32. The first kappa shape index (κ1) is 27.5. The smallest absolute Gasteiger partial charge is 0.338 e. The van der Waals surface area contributed by atoms with Crippen LogP contribution < -0.4 is 0 Å². The van der Waals surface area contributed by atoms with Crippen molar-refractivity contribution in [2.75, 3.05) is 0 Å². The van der Waals surface area contributed by atoms with Gasteiger partial charge in [0.1, 0.15) is 11.7 Å². The first-order valence-electron chi connectivity index (χ1n) is 16.1. The fraction of sp³-hybridized carbons (Fsp3) is 0.676. The van der Waals surface area contributed by atoms with Gasteiger partial charge < -0.3 is 9.47 Å². The summed E-state index contributed by atoms with van der Waals surface area (Å²) < 4.78 is 13.1. The predicted octanol–water partition coefficient (Wildman–Crippen LogP) is 8.61. The van der Waals surface area contributed by atoms with Gasteiger partial charge in [0.05, 0.1) is 11.0 Å². The number of rotatable bonds is 2. The van der Waals surface area contributed by atoms with E-state index in [0.29, 0.717) is 11.5 Å². The maximum atomic E-state index is 14.5. The molecule has 7 atom stereocenters. The van der Waals surface area contributed by atoms with Crippen LogP contribution in [0.25, 0.3) is 0 Å². The van der Waals surface area contributed by atoms with Gasteiger partial charge in [-0.2, -0.15) is 0 Å². The third kappa shape index (κ3) is 3.18. The fourth-order valence-corrected chi connectivity index (χ4v) is 11.2. The summed E-state index contributed by atoms with van der Waals surface area (Å²) in [7, 11) is 0. The highest BCUT2D eigenvalue weighted by Crippen LogP contribution is 2.81. The zero-order chi connectivity index (χ0) is 29.3. The molecule has 7 rings (SSSR count). The largest absolute Gasteiger partial charge is 0.458 e. The number of carbonyl (C=O) groups is 2. The predicted molar refractivity (Wildman–Crippen MR) is 160 cm³/mol. The Bertz CT molecular complexity index is 1380. The van der Waals surface area contributed by atoms with Crippen LogP contribution in [0, 0.1) is 38.4 Å². The molecule has 4 heteroatoms. The highest BCUT2D eigenvalue weighted by molar-refractivity contribution is 5.89. The summed E-state index contributed by atoms with van der Waals surface area (Å²) in [4.78, 5) is 27.5. The molecule has 41 heavy (non-hydrogen) atoms. The van der Waals surface area contributed by atoms with E-state index in [-0.39, 0.29) is 45.1 Å². The molecule has 2 bridgehead atoms. The van der Waals surface area contributed by atoms with Crippen molar-refractivity contribution in [1.82, 2.24) is 0 Å². The highest BCUT2D eigenvalue weighted by atomic mass is 16.6. The zero-order valence-electron chi connectivity index (χ0n) is 26.2. The Balaban J connectivity index is 1.28. The minimum absolute atomic E-state index is 0.0794. The molecule has 5 aliphatic carbocycles. The van der Waals surface area contributed by atoms with Gasteiger partial charge in [0.2, 0.25) is 0 Å². The maximum Gasteiger partial charge on any atom is 0.338 e. The van der Waals surface area contributed by atoms with Crippen molar-refractivity contribution in [3.05, 3.63) is 59.2 Å². The lowest BCUT2D eigenvalue weighted by Gasteiger charge is -2.69. The summed E-state index contributed by atoms with van der Waals surface area (Å²) in [5, 5.41) is 0. The SMILES string of the molecule is CC1(C)CC[C@]2(C)CC[C@]3(C)[C@@]45C=CC6=C(CC[C@H](OC(=O)c7ccccc7)C6(C)C)[C@]4(C)CC[C@@]3(C(=O)O5)[C@@H]2C1. The van der Waals surface area contributed by atoms with Gasteiger partial charge in [-0.1, -0.05) is 78.3 Å². The summed E-state index contributed by atoms with van der Waals surface area (Å²) in [5.41, 5.74) is 1.89. The minimum Gasteiger partial charge on any atom is -0.458 e. The van der Waals surface area contributed by atoms with Crippen molar-refractivity contribution >= 4 is 11.9 Å². The third-order valence-corrected chi connectivity index (χ3v) is 13.9. The molecule has 1 aromatic carbocycles. The van der Waals surface area contributed by atoms with Gasteiger partial charge in [0.25, 0.3) is 0 Å². The number of carbonyl (C=O) groups excluding carboxylic acids is 2. The molecule has 0 aromatic heterocycles. The minimum atomic E-state index is -0.624. The average molecular weight is 557 g/mol. The molecular weight excluding hydrogens is 508 g/mol. The molecule has 1 saturated heterocycles. The van der Waals surface area contributed by atoms with Crippen molar-refractivity contribution in [2.24, 2.45) is 38.4 Å². The summed E-state index contributed by atoms with van der Waals surface area (Å²) in [5.74, 6) is 0.189. The third-order valence-electron chi connectivity index (χ3n) is 13.9. The zero-order valence-corrected chi connectivity index (χ0v) is 26.2. The monoisotopic (exact) mass is 556 g/mol. The van der Waals surface area contributed by atoms with E-state index in [1.807, 2.05) is 30.3 Å². The van der Waals surface area contributed by atoms with Gasteiger partial charge in [-0.25, -0.2) is 4.79 Å². The topological polar surface area (TPSA) is 52.6 Å². The quantitative estimate of drug-likeness (QED) is 0.342. The van der Waals surface area contributed by atoms with Crippen LogP contribution in [0.3, 0.4) is 0 Å². The van der Waals surface area contributed by atoms with Crippen molar-refractivity contribution in [3.8, 4) is 0 Å². The molecule has 220 valence electrons. The van der Waals surface area contributed by atoms with Gasteiger partial charge in [-0.05, 0) is 98.3 Å². The second-order valence-electron chi connectivity index (χ2n) is 16.6. The molecule has 1 spiro atoms. The number of hydrogen-bond donors (Lipinski definition) is 0. The number of esters is 2. The fourth-order valence-electron chi connectivity index (χ4n) is 11.2. The highest BCUT2D eigenvalue weighted by Gasteiger charge is 2.83. The second kappa shape index (κ2) is 8.17. The molecule has 1 heterocycles. The molecule has 6 aliphatic rings. The lowest BCUT2D eigenvalue weighted by Crippen LogP contribution is -2.69. The molecule has 0 radical (unpaired) electrons. The van der Waals surface area contributed by atoms with Crippen LogP contribution in [0.2, 0.25) is 0 Å². The standard InChI is InChI=1S/C37H48O4/c1-31(2)17-18-33(5)19-21-35(7)36(27(33)23-31)22-20-34(6)26-13-14-28(40-29(38)24-11-9-8-10-12-24)32(3,4)25(26)15-16-37(34,35)41-30(36)39/h8-12,15-16,27-28H,13-14,17-23H2,1-7H3/t27-,28+,33-,34+,35+,36+,37-/m1/s1. The summed E-state index contributed by atoms with van der Waals surface area (Å²) in [6.45, 7) is 16.5. The van der Waals surface area contributed by atoms with Crippen molar-refractivity contribution in [3.63, 3.8) is 0 Å². The Labute approximate surface area is 246 Å². The van der Waals surface area contributed by atoms with E-state index in [4.69, 9.17) is 9.47 Å². The molecule has 0 unspecified atom stereocenters. The van der Waals surface area contributed by atoms with Gasteiger partial charge in [0, 0.05) is 16.2 Å². The van der Waals surface area contributed by atoms with E-state index in [1.165, 1.54) is 30.4 Å². The summed E-state index contributed by atoms with van der Waals surface area (Å²) >= 11 is 0. The molecule has 3 saturated carbocycles. The normalized spacial score (nSPS) is 45.1. The lowest BCUT2D eigenvalue weighted by molar-refractivity contribution is -0.201. The van der Waals surface area contributed by atoms with Gasteiger partial charge >= 0.3 is 11.9 Å². The van der Waals surface area contributed by atoms with Gasteiger partial charge in [-0.3, -0.25) is 4.79 Å². The first-order chi connectivity index (χ1) is 19.2. The molecule has 1 aliphatic heterocycles. The number of benzene rings is 1. The van der Waals surface area contributed by atoms with E-state index < -0.39 is 11.0 Å². The van der Waals surface area contributed by atoms with E-state index in [1.54, 1.807) is 0 Å². The Morgan fingerprint density at radius 3 is 2.34 bits per heavy atom. The van der Waals surface area contributed by atoms with Crippen LogP contribution in [0.15, 0.2) is 53.6 Å². The summed E-state index contributed by atoms with van der Waals surface area (Å²) in [6.07, 6.45) is 13.7. The molecule has 4 fully saturated rings. The Hall–Kier alpha value is -2.36. The van der Waals surface area contributed by atoms with Crippen molar-refractivity contribution in [1.29, 1.82) is 0 Å². The van der Waals surface area contributed by atoms with Crippen molar-refractivity contribution < 1.29 is 19.1 Å². The Morgan fingerprint density at radius 1 is 0.902 bits per heavy atom. The number of fused-ring (bicyclic) bond motifs is 2. The molecule has 4 nitrogen and oxygen atoms in total. The van der Waals surface area contributed by atoms with Gasteiger partial charge in [-0.15, -0.1) is 0 Å². The van der Waals surface area contributed by atoms with Gasteiger partial charge in [0.15, 0.2) is 0 Å². The van der Waals surface area contributed by atoms with Crippen LogP contribution in [-0.2, 0) is 14.3 Å². The van der Waals surface area contributed by atoms with Crippen LogP contribution in [-0.4, -0.2) is 23.6 Å². The Morgan fingerprint density at radius 2 is 1.61 bits per heavy atom.